The van der Waals surface area contributed by atoms with E-state index in [9.17, 15) is 18.0 Å². The van der Waals surface area contributed by atoms with Crippen LogP contribution >= 0.6 is 0 Å². The van der Waals surface area contributed by atoms with Crippen molar-refractivity contribution >= 4 is 21.9 Å². The van der Waals surface area contributed by atoms with Crippen LogP contribution in [0.1, 0.15) is 11.1 Å². The molecule has 0 aliphatic rings. The highest BCUT2D eigenvalue weighted by molar-refractivity contribution is 6.07. The summed E-state index contributed by atoms with van der Waals surface area (Å²) in [6, 6.07) is 12.2. The van der Waals surface area contributed by atoms with Crippen molar-refractivity contribution in [3.63, 3.8) is 0 Å². The van der Waals surface area contributed by atoms with Crippen molar-refractivity contribution in [2.24, 2.45) is 7.05 Å². The largest absolute Gasteiger partial charge is 0.416 e. The fourth-order valence-electron chi connectivity index (χ4n) is 3.68. The minimum Gasteiger partial charge on any atom is -0.289 e. The van der Waals surface area contributed by atoms with Gasteiger partial charge in [-0.3, -0.25) is 14.6 Å². The van der Waals surface area contributed by atoms with Gasteiger partial charge in [0, 0.05) is 12.6 Å². The molecular formula is C22H16F3N5O. The Balaban J connectivity index is 1.87. The number of aromatic amines is 1. The number of nitrogens with zero attached hydrogens (tertiary/aromatic N) is 4. The molecular weight excluding hydrogens is 407 g/mol. The van der Waals surface area contributed by atoms with Crippen LogP contribution < -0.4 is 5.56 Å². The molecule has 5 rings (SSSR count). The molecule has 0 saturated carbocycles. The number of halogens is 3. The first-order chi connectivity index (χ1) is 14.7. The zero-order valence-corrected chi connectivity index (χ0v) is 16.5. The third-order valence-corrected chi connectivity index (χ3v) is 5.28. The van der Waals surface area contributed by atoms with Crippen molar-refractivity contribution in [3.8, 4) is 16.9 Å². The lowest BCUT2D eigenvalue weighted by Crippen LogP contribution is -2.14. The summed E-state index contributed by atoms with van der Waals surface area (Å²) in [5, 5.41) is 8.12. The summed E-state index contributed by atoms with van der Waals surface area (Å²) in [7, 11) is 1.69. The highest BCUT2D eigenvalue weighted by Gasteiger charge is 2.31. The highest BCUT2D eigenvalue weighted by atomic mass is 19.4. The molecule has 2 aromatic carbocycles. The Morgan fingerprint density at radius 3 is 2.52 bits per heavy atom. The number of alkyl halides is 3. The van der Waals surface area contributed by atoms with Gasteiger partial charge in [-0.1, -0.05) is 29.8 Å². The lowest BCUT2D eigenvalue weighted by Gasteiger charge is -2.09. The smallest absolute Gasteiger partial charge is 0.289 e. The third kappa shape index (κ3) is 3.00. The lowest BCUT2D eigenvalue weighted by molar-refractivity contribution is -0.137. The van der Waals surface area contributed by atoms with Gasteiger partial charge in [0.15, 0.2) is 5.65 Å². The van der Waals surface area contributed by atoms with Gasteiger partial charge in [-0.25, -0.2) is 9.67 Å². The minimum absolute atomic E-state index is 0.171. The van der Waals surface area contributed by atoms with Crippen molar-refractivity contribution in [2.75, 3.05) is 0 Å². The zero-order valence-electron chi connectivity index (χ0n) is 16.5. The van der Waals surface area contributed by atoms with Crippen LogP contribution in [0.5, 0.6) is 0 Å². The van der Waals surface area contributed by atoms with Crippen LogP contribution in [0.2, 0.25) is 0 Å². The van der Waals surface area contributed by atoms with Gasteiger partial charge in [0.2, 0.25) is 0 Å². The quantitative estimate of drug-likeness (QED) is 0.451. The number of rotatable bonds is 2. The van der Waals surface area contributed by atoms with Crippen LogP contribution in [0.25, 0.3) is 38.9 Å². The molecule has 31 heavy (non-hydrogen) atoms. The van der Waals surface area contributed by atoms with Gasteiger partial charge in [-0.15, -0.1) is 0 Å². The van der Waals surface area contributed by atoms with Crippen LogP contribution in [0.4, 0.5) is 13.2 Å². The average molecular weight is 423 g/mol. The number of H-pyrrole nitrogens is 1. The van der Waals surface area contributed by atoms with Crippen LogP contribution in [0.3, 0.4) is 0 Å². The van der Waals surface area contributed by atoms with Gasteiger partial charge in [0.05, 0.1) is 39.4 Å². The van der Waals surface area contributed by atoms with Crippen molar-refractivity contribution in [2.45, 2.75) is 13.1 Å². The fourth-order valence-corrected chi connectivity index (χ4v) is 3.68. The number of pyridine rings is 1. The zero-order chi connectivity index (χ0) is 21.9. The Labute approximate surface area is 173 Å². The summed E-state index contributed by atoms with van der Waals surface area (Å²) < 4.78 is 42.8. The van der Waals surface area contributed by atoms with Gasteiger partial charge in [0.1, 0.15) is 0 Å². The van der Waals surface area contributed by atoms with Crippen molar-refractivity contribution in [1.82, 2.24) is 24.5 Å². The summed E-state index contributed by atoms with van der Waals surface area (Å²) in [6.45, 7) is 1.94. The summed E-state index contributed by atoms with van der Waals surface area (Å²) in [6.07, 6.45) is -2.93. The second-order valence-corrected chi connectivity index (χ2v) is 7.38. The van der Waals surface area contributed by atoms with E-state index >= 15 is 0 Å². The molecule has 0 radical (unpaired) electrons. The summed E-state index contributed by atoms with van der Waals surface area (Å²) in [5.74, 6) is 0. The SMILES string of the molecule is Cc1ccc(-n2[nH]c3c(c(-c4cccc(C(F)(F)F)c4)nc4c3cnn4C)c2=O)cc1. The Morgan fingerprint density at radius 2 is 1.81 bits per heavy atom. The first kappa shape index (κ1) is 19.1. The molecule has 6 nitrogen and oxygen atoms in total. The molecule has 0 aliphatic heterocycles. The van der Waals surface area contributed by atoms with Crippen LogP contribution in [0, 0.1) is 6.92 Å². The Kier molecular flexibility index (Phi) is 4.04. The molecule has 156 valence electrons. The molecule has 0 bridgehead atoms. The molecule has 5 aromatic rings. The van der Waals surface area contributed by atoms with E-state index in [0.29, 0.717) is 22.2 Å². The Bertz CT molecular complexity index is 1510. The standard InChI is InChI=1S/C22H16F3N5O/c1-12-6-8-15(9-7-12)30-21(31)17-18(13-4-3-5-14(10-13)22(23,24)25)27-20-16(19(17)28-30)11-26-29(20)2/h3-11,28H,1-2H3. The molecule has 9 heteroatoms. The third-order valence-electron chi connectivity index (χ3n) is 5.28. The topological polar surface area (TPSA) is 68.5 Å². The molecule has 0 aliphatic carbocycles. The maximum absolute atomic E-state index is 13.4. The van der Waals surface area contributed by atoms with Gasteiger partial charge >= 0.3 is 6.18 Å². The average Bonchev–Trinajstić information content (AvgIpc) is 3.28. The summed E-state index contributed by atoms with van der Waals surface area (Å²) in [4.78, 5) is 17.9. The van der Waals surface area contributed by atoms with Gasteiger partial charge in [-0.05, 0) is 31.2 Å². The molecule has 0 unspecified atom stereocenters. The van der Waals surface area contributed by atoms with E-state index in [1.807, 2.05) is 19.1 Å². The predicted octanol–water partition coefficient (Wildman–Crippen LogP) is 4.59. The first-order valence-corrected chi connectivity index (χ1v) is 9.45. The molecule has 0 amide bonds. The molecule has 0 fully saturated rings. The van der Waals surface area contributed by atoms with E-state index in [-0.39, 0.29) is 16.6 Å². The second kappa shape index (κ2) is 6.56. The number of hydrogen-bond acceptors (Lipinski definition) is 3. The number of hydrogen-bond donors (Lipinski definition) is 1. The Hall–Kier alpha value is -3.88. The van der Waals surface area contributed by atoms with Gasteiger partial charge in [0.25, 0.3) is 5.56 Å². The maximum Gasteiger partial charge on any atom is 0.416 e. The molecule has 0 saturated heterocycles. The number of aromatic nitrogens is 5. The molecule has 1 N–H and O–H groups in total. The van der Waals surface area contributed by atoms with E-state index in [1.165, 1.54) is 21.5 Å². The Morgan fingerprint density at radius 1 is 1.06 bits per heavy atom. The van der Waals surface area contributed by atoms with E-state index in [0.717, 1.165) is 17.7 Å². The van der Waals surface area contributed by atoms with Crippen molar-refractivity contribution in [1.29, 1.82) is 0 Å². The van der Waals surface area contributed by atoms with E-state index in [1.54, 1.807) is 25.4 Å². The first-order valence-electron chi connectivity index (χ1n) is 9.45. The van der Waals surface area contributed by atoms with Gasteiger partial charge < -0.3 is 0 Å². The highest BCUT2D eigenvalue weighted by Crippen LogP contribution is 2.34. The monoisotopic (exact) mass is 423 g/mol. The minimum atomic E-state index is -4.51. The van der Waals surface area contributed by atoms with Crippen LogP contribution in [-0.4, -0.2) is 24.5 Å². The predicted molar refractivity (Wildman–Crippen MR) is 111 cm³/mol. The molecule has 3 aromatic heterocycles. The molecule has 0 atom stereocenters. The number of fused-ring (bicyclic) bond motifs is 3. The number of aryl methyl sites for hydroxylation is 2. The van der Waals surface area contributed by atoms with E-state index in [2.05, 4.69) is 15.2 Å². The van der Waals surface area contributed by atoms with Crippen molar-refractivity contribution in [3.05, 3.63) is 76.2 Å². The molecule has 0 spiro atoms. The van der Waals surface area contributed by atoms with Crippen molar-refractivity contribution < 1.29 is 13.2 Å². The number of benzene rings is 2. The second-order valence-electron chi connectivity index (χ2n) is 7.38. The van der Waals surface area contributed by atoms with E-state index in [4.69, 9.17) is 0 Å². The lowest BCUT2D eigenvalue weighted by atomic mass is 10.0. The van der Waals surface area contributed by atoms with Crippen LogP contribution in [0.15, 0.2) is 59.5 Å². The van der Waals surface area contributed by atoms with E-state index < -0.39 is 17.3 Å². The van der Waals surface area contributed by atoms with Gasteiger partial charge in [-0.2, -0.15) is 18.3 Å². The van der Waals surface area contributed by atoms with Crippen LogP contribution in [-0.2, 0) is 13.2 Å². The fraction of sp³-hybridized carbons (Fsp3) is 0.136. The normalized spacial score (nSPS) is 12.2. The molecule has 3 heterocycles. The number of nitrogens with one attached hydrogen (secondary N) is 1. The maximum atomic E-state index is 13.4. The summed E-state index contributed by atoms with van der Waals surface area (Å²) in [5.41, 5.74) is 1.74. The summed E-state index contributed by atoms with van der Waals surface area (Å²) >= 11 is 0.